The van der Waals surface area contributed by atoms with E-state index in [1.54, 1.807) is 0 Å². The van der Waals surface area contributed by atoms with Crippen LogP contribution in [0.4, 0.5) is 0 Å². The molecular formula is C6H4Cl2N2O2. The SMILES string of the molecule is O=C(CO)c1cc(Cl)nc(Cl)n1. The van der Waals surface area contributed by atoms with Crippen molar-refractivity contribution in [1.82, 2.24) is 9.97 Å². The normalized spacial score (nSPS) is 9.92. The van der Waals surface area contributed by atoms with Crippen LogP contribution in [0.1, 0.15) is 10.5 Å². The Hall–Kier alpha value is -0.710. The van der Waals surface area contributed by atoms with Gasteiger partial charge in [0.1, 0.15) is 17.5 Å². The van der Waals surface area contributed by atoms with E-state index in [9.17, 15) is 4.79 Å². The minimum atomic E-state index is -0.621. The fraction of sp³-hybridized carbons (Fsp3) is 0.167. The van der Waals surface area contributed by atoms with Crippen LogP contribution in [-0.2, 0) is 0 Å². The van der Waals surface area contributed by atoms with Crippen molar-refractivity contribution in [3.8, 4) is 0 Å². The van der Waals surface area contributed by atoms with Crippen molar-refractivity contribution in [1.29, 1.82) is 0 Å². The number of ketones is 1. The van der Waals surface area contributed by atoms with Gasteiger partial charge in [-0.25, -0.2) is 9.97 Å². The number of hydrogen-bond donors (Lipinski definition) is 1. The van der Waals surface area contributed by atoms with Crippen LogP contribution in [0.2, 0.25) is 10.4 Å². The van der Waals surface area contributed by atoms with Crippen LogP contribution in [0, 0.1) is 0 Å². The monoisotopic (exact) mass is 206 g/mol. The van der Waals surface area contributed by atoms with Crippen LogP contribution in [0.25, 0.3) is 0 Å². The summed E-state index contributed by atoms with van der Waals surface area (Å²) in [5.41, 5.74) is 0.0162. The van der Waals surface area contributed by atoms with Gasteiger partial charge in [-0.05, 0) is 11.6 Å². The van der Waals surface area contributed by atoms with E-state index in [0.717, 1.165) is 0 Å². The second-order valence-electron chi connectivity index (χ2n) is 1.93. The second kappa shape index (κ2) is 3.80. The van der Waals surface area contributed by atoms with E-state index in [1.165, 1.54) is 6.07 Å². The van der Waals surface area contributed by atoms with Gasteiger partial charge in [0.15, 0.2) is 0 Å². The fourth-order valence-electron chi connectivity index (χ4n) is 0.614. The van der Waals surface area contributed by atoms with Crippen molar-refractivity contribution in [2.24, 2.45) is 0 Å². The maximum atomic E-state index is 10.9. The number of halogens is 2. The summed E-state index contributed by atoms with van der Waals surface area (Å²) in [5.74, 6) is -0.541. The highest BCUT2D eigenvalue weighted by atomic mass is 35.5. The summed E-state index contributed by atoms with van der Waals surface area (Å²) in [6.45, 7) is -0.621. The first kappa shape index (κ1) is 9.38. The van der Waals surface area contributed by atoms with Crippen LogP contribution in [0.5, 0.6) is 0 Å². The molecule has 0 aliphatic heterocycles. The Morgan fingerprint density at radius 3 is 2.67 bits per heavy atom. The maximum absolute atomic E-state index is 10.9. The molecule has 1 aromatic rings. The first-order valence-corrected chi connectivity index (χ1v) is 3.73. The van der Waals surface area contributed by atoms with E-state index < -0.39 is 12.4 Å². The van der Waals surface area contributed by atoms with E-state index in [2.05, 4.69) is 9.97 Å². The third kappa shape index (κ3) is 2.14. The maximum Gasteiger partial charge on any atom is 0.224 e. The molecule has 0 atom stereocenters. The van der Waals surface area contributed by atoms with Gasteiger partial charge >= 0.3 is 0 Å². The van der Waals surface area contributed by atoms with Crippen molar-refractivity contribution in [3.05, 3.63) is 22.2 Å². The lowest BCUT2D eigenvalue weighted by atomic mass is 10.3. The molecule has 0 unspecified atom stereocenters. The molecule has 0 aliphatic carbocycles. The molecule has 0 fully saturated rings. The van der Waals surface area contributed by atoms with E-state index >= 15 is 0 Å². The first-order valence-electron chi connectivity index (χ1n) is 2.97. The topological polar surface area (TPSA) is 63.1 Å². The molecular weight excluding hydrogens is 203 g/mol. The molecule has 64 valence electrons. The highest BCUT2D eigenvalue weighted by Gasteiger charge is 2.08. The molecule has 6 heteroatoms. The number of nitrogens with zero attached hydrogens (tertiary/aromatic N) is 2. The van der Waals surface area contributed by atoms with Crippen LogP contribution >= 0.6 is 23.2 Å². The van der Waals surface area contributed by atoms with Crippen molar-refractivity contribution < 1.29 is 9.90 Å². The Balaban J connectivity index is 3.08. The predicted molar refractivity (Wildman–Crippen MR) is 43.5 cm³/mol. The second-order valence-corrected chi connectivity index (χ2v) is 2.65. The average molecular weight is 207 g/mol. The van der Waals surface area contributed by atoms with E-state index in [0.29, 0.717) is 0 Å². The largest absolute Gasteiger partial charge is 0.388 e. The number of carbonyl (C=O) groups is 1. The van der Waals surface area contributed by atoms with Gasteiger partial charge in [-0.3, -0.25) is 4.79 Å². The molecule has 1 aromatic heterocycles. The average Bonchev–Trinajstić information content (AvgIpc) is 2.01. The third-order valence-electron chi connectivity index (χ3n) is 1.10. The van der Waals surface area contributed by atoms with Gasteiger partial charge in [0, 0.05) is 6.07 Å². The molecule has 1 heterocycles. The van der Waals surface area contributed by atoms with Crippen LogP contribution in [-0.4, -0.2) is 27.5 Å². The summed E-state index contributed by atoms with van der Waals surface area (Å²) in [6.07, 6.45) is 0. The summed E-state index contributed by atoms with van der Waals surface area (Å²) in [7, 11) is 0. The number of carbonyl (C=O) groups excluding carboxylic acids is 1. The Morgan fingerprint density at radius 2 is 2.17 bits per heavy atom. The third-order valence-corrected chi connectivity index (χ3v) is 1.46. The van der Waals surface area contributed by atoms with Gasteiger partial charge in [0.05, 0.1) is 0 Å². The number of hydrogen-bond acceptors (Lipinski definition) is 4. The molecule has 0 spiro atoms. The zero-order chi connectivity index (χ0) is 9.14. The molecule has 0 amide bonds. The first-order chi connectivity index (χ1) is 5.63. The standard InChI is InChI=1S/C6H4Cl2N2O2/c7-5-1-3(4(12)2-11)9-6(8)10-5/h1,11H,2H2. The van der Waals surface area contributed by atoms with Gasteiger partial charge in [-0.2, -0.15) is 0 Å². The van der Waals surface area contributed by atoms with E-state index in [-0.39, 0.29) is 16.1 Å². The van der Waals surface area contributed by atoms with Crippen LogP contribution in [0.15, 0.2) is 6.07 Å². The Labute approximate surface area is 78.2 Å². The minimum Gasteiger partial charge on any atom is -0.388 e. The molecule has 0 saturated carbocycles. The molecule has 0 aromatic carbocycles. The van der Waals surface area contributed by atoms with Crippen molar-refractivity contribution >= 4 is 29.0 Å². The molecule has 0 saturated heterocycles. The molecule has 12 heavy (non-hydrogen) atoms. The van der Waals surface area contributed by atoms with Gasteiger partial charge in [0.25, 0.3) is 0 Å². The lowest BCUT2D eigenvalue weighted by molar-refractivity contribution is 0.0898. The summed E-state index contributed by atoms with van der Waals surface area (Å²) in [5, 5.41) is 8.44. The predicted octanol–water partition coefficient (Wildman–Crippen LogP) is 0.958. The van der Waals surface area contributed by atoms with Crippen LogP contribution < -0.4 is 0 Å². The van der Waals surface area contributed by atoms with Gasteiger partial charge in [0.2, 0.25) is 11.1 Å². The number of aliphatic hydroxyl groups excluding tert-OH is 1. The molecule has 1 rings (SSSR count). The fourth-order valence-corrected chi connectivity index (χ4v) is 1.02. The lowest BCUT2D eigenvalue weighted by Crippen LogP contribution is -2.07. The Kier molecular flexibility index (Phi) is 2.97. The summed E-state index contributed by atoms with van der Waals surface area (Å²) in [4.78, 5) is 18.0. The summed E-state index contributed by atoms with van der Waals surface area (Å²) in [6, 6.07) is 1.24. The molecule has 4 nitrogen and oxygen atoms in total. The summed E-state index contributed by atoms with van der Waals surface area (Å²) < 4.78 is 0. The zero-order valence-corrected chi connectivity index (χ0v) is 7.30. The molecule has 0 radical (unpaired) electrons. The summed E-state index contributed by atoms with van der Waals surface area (Å²) >= 11 is 10.9. The van der Waals surface area contributed by atoms with Gasteiger partial charge < -0.3 is 5.11 Å². The molecule has 1 N–H and O–H groups in total. The quantitative estimate of drug-likeness (QED) is 0.445. The van der Waals surface area contributed by atoms with Crippen LogP contribution in [0.3, 0.4) is 0 Å². The molecule has 0 aliphatic rings. The zero-order valence-electron chi connectivity index (χ0n) is 5.79. The Morgan fingerprint density at radius 1 is 1.50 bits per heavy atom. The minimum absolute atomic E-state index is 0.0162. The Bertz CT molecular complexity index is 296. The van der Waals surface area contributed by atoms with Gasteiger partial charge in [-0.1, -0.05) is 11.6 Å². The highest BCUT2D eigenvalue weighted by Crippen LogP contribution is 2.10. The number of aliphatic hydroxyl groups is 1. The van der Waals surface area contributed by atoms with Crippen molar-refractivity contribution in [2.75, 3.05) is 6.61 Å². The molecule has 0 bridgehead atoms. The van der Waals surface area contributed by atoms with Gasteiger partial charge in [-0.15, -0.1) is 0 Å². The smallest absolute Gasteiger partial charge is 0.224 e. The van der Waals surface area contributed by atoms with Crippen molar-refractivity contribution in [3.63, 3.8) is 0 Å². The van der Waals surface area contributed by atoms with E-state index in [4.69, 9.17) is 28.3 Å². The number of aromatic nitrogens is 2. The van der Waals surface area contributed by atoms with E-state index in [1.807, 2.05) is 0 Å². The number of Topliss-reactive ketones (excluding diaryl/α,β-unsaturated/α-hetero) is 1. The lowest BCUT2D eigenvalue weighted by Gasteiger charge is -1.96. The number of rotatable bonds is 2. The van der Waals surface area contributed by atoms with Crippen molar-refractivity contribution in [2.45, 2.75) is 0 Å². The highest BCUT2D eigenvalue weighted by molar-refractivity contribution is 6.32.